The van der Waals surface area contributed by atoms with Crippen molar-refractivity contribution in [3.05, 3.63) is 66.4 Å². The van der Waals surface area contributed by atoms with E-state index in [-0.39, 0.29) is 11.3 Å². The average Bonchev–Trinajstić information content (AvgIpc) is 2.98. The Balaban J connectivity index is 1.84. The van der Waals surface area contributed by atoms with Crippen molar-refractivity contribution in [1.29, 1.82) is 0 Å². The van der Waals surface area contributed by atoms with Crippen LogP contribution in [0.2, 0.25) is 0 Å². The Bertz CT molecular complexity index is 904. The van der Waals surface area contributed by atoms with Crippen LogP contribution in [0.1, 0.15) is 5.56 Å². The molecule has 0 fully saturated rings. The van der Waals surface area contributed by atoms with Crippen LogP contribution in [0.25, 0.3) is 10.9 Å². The molecule has 23 heavy (non-hydrogen) atoms. The number of nitrogens with two attached hydrogens (primary N) is 1. The molecule has 0 bridgehead atoms. The highest BCUT2D eigenvalue weighted by atomic mass is 32.2. The third-order valence-corrected chi connectivity index (χ3v) is 5.80. The monoisotopic (exact) mass is 330 g/mol. The summed E-state index contributed by atoms with van der Waals surface area (Å²) in [6.45, 7) is 0. The lowest BCUT2D eigenvalue weighted by atomic mass is 10.1. The SMILES string of the molecule is N[C@@H](Cc1c[nH]c2ccccc12)C(O)S(=O)(=O)c1ccccc1. The molecule has 120 valence electrons. The fraction of sp³-hybridized carbons (Fsp3) is 0.176. The van der Waals surface area contributed by atoms with Gasteiger partial charge in [0.25, 0.3) is 0 Å². The van der Waals surface area contributed by atoms with Crippen LogP contribution in [-0.2, 0) is 16.3 Å². The van der Waals surface area contributed by atoms with E-state index >= 15 is 0 Å². The molecule has 3 rings (SSSR count). The molecule has 2 atom stereocenters. The maximum Gasteiger partial charge on any atom is 0.206 e. The molecule has 4 N–H and O–H groups in total. The van der Waals surface area contributed by atoms with E-state index in [1.165, 1.54) is 12.1 Å². The Morgan fingerprint density at radius 2 is 1.70 bits per heavy atom. The third kappa shape index (κ3) is 3.01. The first-order chi connectivity index (χ1) is 11.0. The summed E-state index contributed by atoms with van der Waals surface area (Å²) >= 11 is 0. The predicted octanol–water partition coefficient (Wildman–Crippen LogP) is 1.83. The number of para-hydroxylation sites is 1. The molecule has 3 aromatic rings. The van der Waals surface area contributed by atoms with Crippen LogP contribution in [0.4, 0.5) is 0 Å². The second-order valence-corrected chi connectivity index (χ2v) is 7.52. The van der Waals surface area contributed by atoms with Gasteiger partial charge in [-0.25, -0.2) is 8.42 Å². The Labute approximate surface area is 134 Å². The zero-order chi connectivity index (χ0) is 16.4. The lowest BCUT2D eigenvalue weighted by Gasteiger charge is -2.19. The fourth-order valence-electron chi connectivity index (χ4n) is 2.63. The van der Waals surface area contributed by atoms with Crippen molar-refractivity contribution >= 4 is 20.7 Å². The molecule has 1 heterocycles. The molecule has 2 aromatic carbocycles. The number of fused-ring (bicyclic) bond motifs is 1. The summed E-state index contributed by atoms with van der Waals surface area (Å²) in [5.74, 6) is 0. The summed E-state index contributed by atoms with van der Waals surface area (Å²) in [7, 11) is -3.87. The van der Waals surface area contributed by atoms with Gasteiger partial charge in [0.15, 0.2) is 5.44 Å². The van der Waals surface area contributed by atoms with Crippen LogP contribution in [0.5, 0.6) is 0 Å². The lowest BCUT2D eigenvalue weighted by molar-refractivity contribution is 0.217. The van der Waals surface area contributed by atoms with E-state index in [4.69, 9.17) is 5.73 Å². The zero-order valence-corrected chi connectivity index (χ0v) is 13.2. The Kier molecular flexibility index (Phi) is 4.21. The summed E-state index contributed by atoms with van der Waals surface area (Å²) in [6, 6.07) is 14.6. The first-order valence-corrected chi connectivity index (χ1v) is 8.82. The highest BCUT2D eigenvalue weighted by molar-refractivity contribution is 7.92. The van der Waals surface area contributed by atoms with Crippen molar-refractivity contribution < 1.29 is 13.5 Å². The molecule has 6 heteroatoms. The van der Waals surface area contributed by atoms with Crippen LogP contribution < -0.4 is 5.73 Å². The highest BCUT2D eigenvalue weighted by Crippen LogP contribution is 2.22. The molecular formula is C17H18N2O3S. The quantitative estimate of drug-likeness (QED) is 0.665. The van der Waals surface area contributed by atoms with Gasteiger partial charge >= 0.3 is 0 Å². The van der Waals surface area contributed by atoms with Gasteiger partial charge in [0.05, 0.1) is 4.90 Å². The van der Waals surface area contributed by atoms with Gasteiger partial charge in [-0.3, -0.25) is 0 Å². The molecule has 0 aliphatic heterocycles. The number of sulfone groups is 1. The number of aromatic nitrogens is 1. The second kappa shape index (κ2) is 6.16. The normalized spacial score (nSPS) is 14.7. The number of rotatable bonds is 5. The number of nitrogens with one attached hydrogen (secondary N) is 1. The average molecular weight is 330 g/mol. The number of hydrogen-bond donors (Lipinski definition) is 3. The van der Waals surface area contributed by atoms with Gasteiger partial charge < -0.3 is 15.8 Å². The van der Waals surface area contributed by atoms with Gasteiger partial charge in [0.1, 0.15) is 0 Å². The second-order valence-electron chi connectivity index (χ2n) is 5.48. The summed E-state index contributed by atoms with van der Waals surface area (Å²) in [5.41, 5.74) is 6.16. The van der Waals surface area contributed by atoms with Gasteiger partial charge in [-0.1, -0.05) is 36.4 Å². The van der Waals surface area contributed by atoms with Gasteiger partial charge in [-0.05, 0) is 30.2 Å². The van der Waals surface area contributed by atoms with E-state index in [1.54, 1.807) is 24.4 Å². The molecule has 5 nitrogen and oxygen atoms in total. The third-order valence-electron chi connectivity index (χ3n) is 3.89. The smallest absolute Gasteiger partial charge is 0.206 e. The van der Waals surface area contributed by atoms with Crippen molar-refractivity contribution in [3.63, 3.8) is 0 Å². The number of hydrogen-bond acceptors (Lipinski definition) is 4. The summed E-state index contributed by atoms with van der Waals surface area (Å²) < 4.78 is 24.9. The van der Waals surface area contributed by atoms with E-state index in [1.807, 2.05) is 24.3 Å². The van der Waals surface area contributed by atoms with E-state index in [9.17, 15) is 13.5 Å². The van der Waals surface area contributed by atoms with Crippen LogP contribution >= 0.6 is 0 Å². The lowest BCUT2D eigenvalue weighted by Crippen LogP contribution is -2.42. The van der Waals surface area contributed by atoms with Gasteiger partial charge in [0, 0.05) is 23.1 Å². The van der Waals surface area contributed by atoms with E-state index in [0.29, 0.717) is 0 Å². The standard InChI is InChI=1S/C17H18N2O3S/c18-15(10-12-11-19-16-9-5-4-8-14(12)16)17(20)23(21,22)13-6-2-1-3-7-13/h1-9,11,15,17,19-20H,10,18H2/t15-,17?/m0/s1. The predicted molar refractivity (Wildman–Crippen MR) is 89.6 cm³/mol. The largest absolute Gasteiger partial charge is 0.375 e. The van der Waals surface area contributed by atoms with Gasteiger partial charge in [0.2, 0.25) is 9.84 Å². The number of aromatic amines is 1. The van der Waals surface area contributed by atoms with Crippen molar-refractivity contribution in [2.24, 2.45) is 5.73 Å². The molecule has 0 saturated carbocycles. The molecule has 0 amide bonds. The molecule has 0 aliphatic rings. The van der Waals surface area contributed by atoms with Crippen molar-refractivity contribution in [2.75, 3.05) is 0 Å². The molecule has 0 saturated heterocycles. The van der Waals surface area contributed by atoms with Gasteiger partial charge in [-0.15, -0.1) is 0 Å². The maximum atomic E-state index is 12.4. The van der Waals surface area contributed by atoms with E-state index in [2.05, 4.69) is 4.98 Å². The molecular weight excluding hydrogens is 312 g/mol. The molecule has 1 aromatic heterocycles. The van der Waals surface area contributed by atoms with Crippen LogP contribution in [0.15, 0.2) is 65.7 Å². The number of benzene rings is 2. The Morgan fingerprint density at radius 1 is 1.04 bits per heavy atom. The van der Waals surface area contributed by atoms with Crippen molar-refractivity contribution in [2.45, 2.75) is 22.8 Å². The Morgan fingerprint density at radius 3 is 2.43 bits per heavy atom. The molecule has 0 aliphatic carbocycles. The maximum absolute atomic E-state index is 12.4. The summed E-state index contributed by atoms with van der Waals surface area (Å²) in [4.78, 5) is 3.19. The minimum atomic E-state index is -3.87. The summed E-state index contributed by atoms with van der Waals surface area (Å²) in [6.07, 6.45) is 2.06. The van der Waals surface area contributed by atoms with Crippen molar-refractivity contribution in [1.82, 2.24) is 4.98 Å². The van der Waals surface area contributed by atoms with E-state index < -0.39 is 21.3 Å². The topological polar surface area (TPSA) is 96.2 Å². The molecule has 1 unspecified atom stereocenters. The fourth-order valence-corrected chi connectivity index (χ4v) is 4.01. The van der Waals surface area contributed by atoms with Crippen LogP contribution in [-0.4, -0.2) is 30.0 Å². The zero-order valence-electron chi connectivity index (χ0n) is 12.4. The van der Waals surface area contributed by atoms with Gasteiger partial charge in [-0.2, -0.15) is 0 Å². The summed E-state index contributed by atoms with van der Waals surface area (Å²) in [5, 5.41) is 11.2. The minimum absolute atomic E-state index is 0.0712. The minimum Gasteiger partial charge on any atom is -0.375 e. The first kappa shape index (κ1) is 15.7. The highest BCUT2D eigenvalue weighted by Gasteiger charge is 2.31. The number of aliphatic hydroxyl groups is 1. The van der Waals surface area contributed by atoms with Crippen LogP contribution in [0.3, 0.4) is 0 Å². The van der Waals surface area contributed by atoms with E-state index in [0.717, 1.165) is 16.5 Å². The molecule has 0 radical (unpaired) electrons. The number of aliphatic hydroxyl groups excluding tert-OH is 1. The first-order valence-electron chi connectivity index (χ1n) is 7.28. The molecule has 0 spiro atoms. The Hall–Kier alpha value is -2.15. The van der Waals surface area contributed by atoms with Crippen molar-refractivity contribution in [3.8, 4) is 0 Å². The number of H-pyrrole nitrogens is 1. The van der Waals surface area contributed by atoms with Crippen LogP contribution in [0, 0.1) is 0 Å².